The van der Waals surface area contributed by atoms with E-state index in [4.69, 9.17) is 4.74 Å². The zero-order valence-electron chi connectivity index (χ0n) is 12.3. The molecule has 2 aromatic rings. The van der Waals surface area contributed by atoms with E-state index >= 15 is 0 Å². The van der Waals surface area contributed by atoms with Gasteiger partial charge in [0.05, 0.1) is 19.3 Å². The number of aryl methyl sites for hydroxylation is 2. The fourth-order valence-corrected chi connectivity index (χ4v) is 3.45. The molecule has 5 nitrogen and oxygen atoms in total. The number of methoxy groups -OCH3 is 1. The average molecular weight is 306 g/mol. The molecule has 2 rings (SSSR count). The van der Waals surface area contributed by atoms with Gasteiger partial charge in [-0.25, -0.2) is 13.1 Å². The largest absolute Gasteiger partial charge is 0.495 e. The van der Waals surface area contributed by atoms with Crippen LogP contribution in [0.5, 0.6) is 5.75 Å². The topological polar surface area (TPSA) is 68.3 Å². The minimum absolute atomic E-state index is 0.138. The molecule has 1 aromatic heterocycles. The number of ether oxygens (including phenoxy) is 1. The molecule has 6 heteroatoms. The molecule has 0 amide bonds. The molecule has 0 bridgehead atoms. The van der Waals surface area contributed by atoms with Crippen molar-refractivity contribution in [3.05, 3.63) is 53.3 Å². The van der Waals surface area contributed by atoms with Gasteiger partial charge in [-0.05, 0) is 43.2 Å². The highest BCUT2D eigenvalue weighted by molar-refractivity contribution is 7.89. The van der Waals surface area contributed by atoms with Crippen molar-refractivity contribution < 1.29 is 13.2 Å². The van der Waals surface area contributed by atoms with Crippen LogP contribution in [0.2, 0.25) is 0 Å². The van der Waals surface area contributed by atoms with Gasteiger partial charge >= 0.3 is 0 Å². The molecule has 0 radical (unpaired) electrons. The maximum atomic E-state index is 12.5. The smallest absolute Gasteiger partial charge is 0.244 e. The zero-order valence-corrected chi connectivity index (χ0v) is 13.1. The second-order valence-electron chi connectivity index (χ2n) is 4.76. The summed E-state index contributed by atoms with van der Waals surface area (Å²) in [5, 5.41) is 0. The first-order chi connectivity index (χ1) is 9.94. The van der Waals surface area contributed by atoms with Gasteiger partial charge < -0.3 is 4.74 Å². The van der Waals surface area contributed by atoms with Crippen LogP contribution in [-0.2, 0) is 16.6 Å². The Balaban J connectivity index is 2.32. The highest BCUT2D eigenvalue weighted by Crippen LogP contribution is 2.29. The van der Waals surface area contributed by atoms with Gasteiger partial charge in [-0.15, -0.1) is 0 Å². The minimum Gasteiger partial charge on any atom is -0.495 e. The Kier molecular flexibility index (Phi) is 4.59. The Hall–Kier alpha value is -1.92. The number of aromatic nitrogens is 1. The Morgan fingerprint density at radius 3 is 2.62 bits per heavy atom. The van der Waals surface area contributed by atoms with Gasteiger partial charge in [-0.1, -0.05) is 12.1 Å². The van der Waals surface area contributed by atoms with Gasteiger partial charge in [0.25, 0.3) is 0 Å². The van der Waals surface area contributed by atoms with Gasteiger partial charge in [0.15, 0.2) is 0 Å². The van der Waals surface area contributed by atoms with Crippen molar-refractivity contribution >= 4 is 10.0 Å². The Bertz CT molecular complexity index is 728. The molecule has 112 valence electrons. The summed E-state index contributed by atoms with van der Waals surface area (Å²) < 4.78 is 32.7. The second kappa shape index (κ2) is 6.24. The summed E-state index contributed by atoms with van der Waals surface area (Å²) in [7, 11) is -2.19. The Labute approximate surface area is 125 Å². The van der Waals surface area contributed by atoms with Crippen LogP contribution in [0.15, 0.2) is 41.4 Å². The number of nitrogens with zero attached hydrogens (tertiary/aromatic N) is 1. The monoisotopic (exact) mass is 306 g/mol. The van der Waals surface area contributed by atoms with Crippen molar-refractivity contribution in [3.8, 4) is 5.75 Å². The molecule has 0 saturated heterocycles. The highest BCUT2D eigenvalue weighted by atomic mass is 32.2. The molecule has 0 unspecified atom stereocenters. The molecule has 1 aromatic carbocycles. The maximum absolute atomic E-state index is 12.5. The van der Waals surface area contributed by atoms with E-state index < -0.39 is 10.0 Å². The third-order valence-corrected chi connectivity index (χ3v) is 4.45. The molecule has 0 aliphatic carbocycles. The summed E-state index contributed by atoms with van der Waals surface area (Å²) in [4.78, 5) is 4.25. The Morgan fingerprint density at radius 1 is 1.24 bits per heavy atom. The molecule has 1 heterocycles. The molecule has 1 N–H and O–H groups in total. The lowest BCUT2D eigenvalue weighted by atomic mass is 10.1. The lowest BCUT2D eigenvalue weighted by Crippen LogP contribution is -2.24. The van der Waals surface area contributed by atoms with Gasteiger partial charge in [-0.2, -0.15) is 0 Å². The molecular weight excluding hydrogens is 288 g/mol. The molecule has 0 atom stereocenters. The van der Waals surface area contributed by atoms with Crippen LogP contribution in [0.25, 0.3) is 0 Å². The third-order valence-electron chi connectivity index (χ3n) is 3.05. The van der Waals surface area contributed by atoms with Crippen LogP contribution in [0.3, 0.4) is 0 Å². The van der Waals surface area contributed by atoms with E-state index in [9.17, 15) is 8.42 Å². The summed E-state index contributed by atoms with van der Waals surface area (Å²) in [5.74, 6) is 0.370. The van der Waals surface area contributed by atoms with E-state index in [0.29, 0.717) is 11.4 Å². The highest BCUT2D eigenvalue weighted by Gasteiger charge is 2.21. The van der Waals surface area contributed by atoms with Gasteiger partial charge in [-0.3, -0.25) is 4.98 Å². The van der Waals surface area contributed by atoms with Crippen molar-refractivity contribution in [3.63, 3.8) is 0 Å². The number of pyridine rings is 1. The van der Waals surface area contributed by atoms with Crippen LogP contribution in [0.1, 0.15) is 16.8 Å². The van der Waals surface area contributed by atoms with Crippen LogP contribution < -0.4 is 9.46 Å². The first kappa shape index (κ1) is 15.5. The summed E-state index contributed by atoms with van der Waals surface area (Å²) in [5.41, 5.74) is 2.31. The van der Waals surface area contributed by atoms with E-state index in [1.54, 1.807) is 24.4 Å². The van der Waals surface area contributed by atoms with Crippen molar-refractivity contribution in [2.75, 3.05) is 7.11 Å². The molecule has 0 spiro atoms. The zero-order chi connectivity index (χ0) is 15.5. The number of sulfonamides is 1. The van der Waals surface area contributed by atoms with Gasteiger partial charge in [0.1, 0.15) is 10.6 Å². The van der Waals surface area contributed by atoms with Crippen molar-refractivity contribution in [2.24, 2.45) is 0 Å². The fourth-order valence-electron chi connectivity index (χ4n) is 2.13. The standard InChI is InChI=1S/C15H18N2O3S/c1-11-8-12(2)15(20-3)14(9-11)21(18,19)17-10-13-6-4-5-7-16-13/h4-9,17H,10H2,1-3H3. The van der Waals surface area contributed by atoms with Crippen LogP contribution in [-0.4, -0.2) is 20.5 Å². The van der Waals surface area contributed by atoms with E-state index in [-0.39, 0.29) is 11.4 Å². The maximum Gasteiger partial charge on any atom is 0.244 e. The normalized spacial score (nSPS) is 11.4. The predicted octanol–water partition coefficient (Wildman–Crippen LogP) is 2.19. The quantitative estimate of drug-likeness (QED) is 0.919. The average Bonchev–Trinajstić information content (AvgIpc) is 2.46. The summed E-state index contributed by atoms with van der Waals surface area (Å²) >= 11 is 0. The second-order valence-corrected chi connectivity index (χ2v) is 6.49. The number of hydrogen-bond acceptors (Lipinski definition) is 4. The molecule has 0 aliphatic heterocycles. The van der Waals surface area contributed by atoms with Crippen molar-refractivity contribution in [2.45, 2.75) is 25.3 Å². The fraction of sp³-hybridized carbons (Fsp3) is 0.267. The summed E-state index contributed by atoms with van der Waals surface area (Å²) in [6, 6.07) is 8.85. The molecule has 21 heavy (non-hydrogen) atoms. The summed E-state index contributed by atoms with van der Waals surface area (Å²) in [6.07, 6.45) is 1.63. The first-order valence-electron chi connectivity index (χ1n) is 6.49. The number of benzene rings is 1. The molecule has 0 saturated carbocycles. The number of nitrogens with one attached hydrogen (secondary N) is 1. The van der Waals surface area contributed by atoms with Crippen molar-refractivity contribution in [1.82, 2.24) is 9.71 Å². The van der Waals surface area contributed by atoms with Crippen LogP contribution >= 0.6 is 0 Å². The first-order valence-corrected chi connectivity index (χ1v) is 7.97. The van der Waals surface area contributed by atoms with Crippen molar-refractivity contribution in [1.29, 1.82) is 0 Å². The SMILES string of the molecule is COc1c(C)cc(C)cc1S(=O)(=O)NCc1ccccn1. The van der Waals surface area contributed by atoms with E-state index in [0.717, 1.165) is 11.1 Å². The van der Waals surface area contributed by atoms with E-state index in [1.807, 2.05) is 26.0 Å². The van der Waals surface area contributed by atoms with Gasteiger partial charge in [0.2, 0.25) is 10.0 Å². The molecular formula is C15H18N2O3S. The predicted molar refractivity (Wildman–Crippen MR) is 80.7 cm³/mol. The van der Waals surface area contributed by atoms with Crippen LogP contribution in [0.4, 0.5) is 0 Å². The minimum atomic E-state index is -3.66. The van der Waals surface area contributed by atoms with E-state index in [1.165, 1.54) is 7.11 Å². The van der Waals surface area contributed by atoms with Gasteiger partial charge in [0, 0.05) is 6.20 Å². The van der Waals surface area contributed by atoms with E-state index in [2.05, 4.69) is 9.71 Å². The molecule has 0 fully saturated rings. The number of hydrogen-bond donors (Lipinski definition) is 1. The van der Waals surface area contributed by atoms with Crippen LogP contribution in [0, 0.1) is 13.8 Å². The lowest BCUT2D eigenvalue weighted by molar-refractivity contribution is 0.399. The third kappa shape index (κ3) is 3.59. The summed E-state index contributed by atoms with van der Waals surface area (Å²) in [6.45, 7) is 3.81. The lowest BCUT2D eigenvalue weighted by Gasteiger charge is -2.13. The Morgan fingerprint density at radius 2 is 2.00 bits per heavy atom. The number of rotatable bonds is 5. The molecule has 0 aliphatic rings.